The summed E-state index contributed by atoms with van der Waals surface area (Å²) in [6.45, 7) is 6.74. The van der Waals surface area contributed by atoms with Crippen molar-refractivity contribution in [3.8, 4) is 0 Å². The van der Waals surface area contributed by atoms with Crippen molar-refractivity contribution in [3.63, 3.8) is 0 Å². The lowest BCUT2D eigenvalue weighted by atomic mass is 10.0. The second-order valence-corrected chi connectivity index (χ2v) is 6.35. The zero-order chi connectivity index (χ0) is 13.8. The Morgan fingerprint density at radius 1 is 1.21 bits per heavy atom. The van der Waals surface area contributed by atoms with Gasteiger partial charge in [-0.15, -0.1) is 0 Å². The highest BCUT2D eigenvalue weighted by atomic mass is 16.3. The highest BCUT2D eigenvalue weighted by molar-refractivity contribution is 4.94. The molecule has 0 aromatic carbocycles. The molecule has 3 N–H and O–H groups in total. The van der Waals surface area contributed by atoms with Crippen LogP contribution in [-0.2, 0) is 0 Å². The van der Waals surface area contributed by atoms with Crippen molar-refractivity contribution in [2.75, 3.05) is 60.0 Å². The number of nitrogens with zero attached hydrogens (tertiary/aromatic N) is 3. The van der Waals surface area contributed by atoms with E-state index >= 15 is 0 Å². The van der Waals surface area contributed by atoms with E-state index < -0.39 is 0 Å². The molecule has 112 valence electrons. The molecule has 0 amide bonds. The van der Waals surface area contributed by atoms with E-state index in [1.165, 1.54) is 12.8 Å². The topological polar surface area (TPSA) is 56.0 Å². The lowest BCUT2D eigenvalue weighted by Crippen LogP contribution is -2.58. The van der Waals surface area contributed by atoms with Crippen LogP contribution in [0.25, 0.3) is 0 Å². The molecule has 0 aromatic heterocycles. The Kier molecular flexibility index (Phi) is 5.59. The van der Waals surface area contributed by atoms with Gasteiger partial charge in [-0.2, -0.15) is 0 Å². The van der Waals surface area contributed by atoms with Crippen LogP contribution in [0, 0.1) is 5.92 Å². The third-order valence-corrected chi connectivity index (χ3v) is 4.54. The predicted octanol–water partition coefficient (Wildman–Crippen LogP) is -0.736. The Morgan fingerprint density at radius 2 is 1.84 bits per heavy atom. The van der Waals surface area contributed by atoms with Crippen LogP contribution in [0.2, 0.25) is 0 Å². The molecular weight excluding hydrogens is 240 g/mol. The number of nitrogens with two attached hydrogens (primary N) is 1. The lowest BCUT2D eigenvalue weighted by Gasteiger charge is -2.41. The highest BCUT2D eigenvalue weighted by Crippen LogP contribution is 2.34. The molecule has 5 nitrogen and oxygen atoms in total. The van der Waals surface area contributed by atoms with E-state index in [0.717, 1.165) is 39.3 Å². The quantitative estimate of drug-likeness (QED) is 0.638. The molecule has 1 saturated carbocycles. The normalized spacial score (nSPS) is 25.7. The number of aliphatic hydroxyl groups excluding tert-OH is 1. The summed E-state index contributed by atoms with van der Waals surface area (Å²) in [7, 11) is 4.24. The van der Waals surface area contributed by atoms with Crippen LogP contribution in [0.3, 0.4) is 0 Å². The Labute approximate surface area is 117 Å². The zero-order valence-corrected chi connectivity index (χ0v) is 12.5. The first-order chi connectivity index (χ1) is 9.11. The van der Waals surface area contributed by atoms with Crippen LogP contribution >= 0.6 is 0 Å². The maximum absolute atomic E-state index is 9.63. The minimum atomic E-state index is 0.165. The van der Waals surface area contributed by atoms with Crippen LogP contribution in [0.1, 0.15) is 12.8 Å². The van der Waals surface area contributed by atoms with Crippen molar-refractivity contribution in [3.05, 3.63) is 0 Å². The molecule has 0 aromatic rings. The van der Waals surface area contributed by atoms with Gasteiger partial charge in [0.05, 0.1) is 6.61 Å². The number of likely N-dealkylation sites (N-methyl/N-ethyl adjacent to an activating group) is 1. The third kappa shape index (κ3) is 4.39. The van der Waals surface area contributed by atoms with E-state index in [4.69, 9.17) is 5.73 Å². The third-order valence-electron chi connectivity index (χ3n) is 4.54. The van der Waals surface area contributed by atoms with Gasteiger partial charge in [-0.1, -0.05) is 0 Å². The van der Waals surface area contributed by atoms with Crippen molar-refractivity contribution >= 4 is 0 Å². The fraction of sp³-hybridized carbons (Fsp3) is 1.00. The number of aliphatic hydroxyl groups is 1. The highest BCUT2D eigenvalue weighted by Gasteiger charge is 2.37. The van der Waals surface area contributed by atoms with Gasteiger partial charge in [0.2, 0.25) is 0 Å². The minimum absolute atomic E-state index is 0.165. The number of hydrogen-bond donors (Lipinski definition) is 2. The summed E-state index contributed by atoms with van der Waals surface area (Å²) in [6.07, 6.45) is 2.50. The molecule has 1 aliphatic heterocycles. The summed E-state index contributed by atoms with van der Waals surface area (Å²) in [5.41, 5.74) is 6.28. The van der Waals surface area contributed by atoms with Crippen LogP contribution < -0.4 is 5.73 Å². The molecule has 5 heteroatoms. The van der Waals surface area contributed by atoms with Gasteiger partial charge in [0.25, 0.3) is 0 Å². The first kappa shape index (κ1) is 15.2. The van der Waals surface area contributed by atoms with Gasteiger partial charge in [-0.25, -0.2) is 0 Å². The van der Waals surface area contributed by atoms with Gasteiger partial charge in [0.15, 0.2) is 0 Å². The number of piperazine rings is 1. The Balaban J connectivity index is 1.74. The minimum Gasteiger partial charge on any atom is -0.395 e. The van der Waals surface area contributed by atoms with E-state index in [2.05, 4.69) is 28.8 Å². The second-order valence-electron chi connectivity index (χ2n) is 6.35. The zero-order valence-electron chi connectivity index (χ0n) is 12.5. The first-order valence-electron chi connectivity index (χ1n) is 7.59. The van der Waals surface area contributed by atoms with Gasteiger partial charge in [0.1, 0.15) is 0 Å². The average molecular weight is 270 g/mol. The van der Waals surface area contributed by atoms with Gasteiger partial charge in [-0.05, 0) is 32.9 Å². The second kappa shape index (κ2) is 6.99. The first-order valence-corrected chi connectivity index (χ1v) is 7.59. The number of rotatable bonds is 7. The van der Waals surface area contributed by atoms with Crippen molar-refractivity contribution in [1.29, 1.82) is 0 Å². The molecule has 0 spiro atoms. The summed E-state index contributed by atoms with van der Waals surface area (Å²) < 4.78 is 0. The van der Waals surface area contributed by atoms with E-state index in [0.29, 0.717) is 5.92 Å². The van der Waals surface area contributed by atoms with E-state index in [9.17, 15) is 5.11 Å². The monoisotopic (exact) mass is 270 g/mol. The average Bonchev–Trinajstić information content (AvgIpc) is 3.22. The predicted molar refractivity (Wildman–Crippen MR) is 78.1 cm³/mol. The molecule has 2 rings (SSSR count). The smallest absolute Gasteiger partial charge is 0.0602 e. The van der Waals surface area contributed by atoms with Crippen LogP contribution in [0.4, 0.5) is 0 Å². The molecule has 1 aliphatic carbocycles. The van der Waals surface area contributed by atoms with E-state index in [-0.39, 0.29) is 18.7 Å². The summed E-state index contributed by atoms with van der Waals surface area (Å²) in [5.74, 6) is 0.656. The molecule has 2 fully saturated rings. The van der Waals surface area contributed by atoms with E-state index in [1.807, 2.05) is 0 Å². The Morgan fingerprint density at radius 3 is 2.32 bits per heavy atom. The summed E-state index contributed by atoms with van der Waals surface area (Å²) >= 11 is 0. The molecule has 2 aliphatic rings. The molecule has 0 radical (unpaired) electrons. The summed E-state index contributed by atoms with van der Waals surface area (Å²) in [5, 5.41) is 9.63. The molecule has 1 heterocycles. The van der Waals surface area contributed by atoms with E-state index in [1.54, 1.807) is 0 Å². The van der Waals surface area contributed by atoms with Crippen LogP contribution in [0.5, 0.6) is 0 Å². The Bertz CT molecular complexity index is 262. The fourth-order valence-corrected chi connectivity index (χ4v) is 2.94. The van der Waals surface area contributed by atoms with Crippen molar-refractivity contribution in [1.82, 2.24) is 14.7 Å². The standard InChI is InChI=1S/C14H30N4O/c1-16(2)5-6-17-7-9-18(10-8-17)13(11-19)14(15)12-3-4-12/h12-14,19H,3-11,15H2,1-2H3. The summed E-state index contributed by atoms with van der Waals surface area (Å²) in [4.78, 5) is 7.13. The molecule has 2 atom stereocenters. The summed E-state index contributed by atoms with van der Waals surface area (Å²) in [6, 6.07) is 0.335. The maximum atomic E-state index is 9.63. The lowest BCUT2D eigenvalue weighted by molar-refractivity contribution is 0.0481. The van der Waals surface area contributed by atoms with Crippen molar-refractivity contribution < 1.29 is 5.11 Å². The van der Waals surface area contributed by atoms with Gasteiger partial charge < -0.3 is 15.7 Å². The SMILES string of the molecule is CN(C)CCN1CCN(C(CO)C(N)C2CC2)CC1. The Hall–Kier alpha value is -0.200. The van der Waals surface area contributed by atoms with Crippen molar-refractivity contribution in [2.45, 2.75) is 24.9 Å². The molecule has 1 saturated heterocycles. The van der Waals surface area contributed by atoms with Gasteiger partial charge in [-0.3, -0.25) is 9.80 Å². The number of hydrogen-bond acceptors (Lipinski definition) is 5. The maximum Gasteiger partial charge on any atom is 0.0602 e. The fourth-order valence-electron chi connectivity index (χ4n) is 2.94. The molecule has 2 unspecified atom stereocenters. The molecular formula is C14H30N4O. The van der Waals surface area contributed by atoms with Crippen LogP contribution in [-0.4, -0.2) is 91.9 Å². The van der Waals surface area contributed by atoms with Crippen molar-refractivity contribution in [2.24, 2.45) is 11.7 Å². The van der Waals surface area contributed by atoms with Crippen LogP contribution in [0.15, 0.2) is 0 Å². The van der Waals surface area contributed by atoms with Gasteiger partial charge in [0, 0.05) is 51.4 Å². The molecule has 19 heavy (non-hydrogen) atoms. The van der Waals surface area contributed by atoms with Gasteiger partial charge >= 0.3 is 0 Å². The molecule has 0 bridgehead atoms. The largest absolute Gasteiger partial charge is 0.395 e.